The summed E-state index contributed by atoms with van der Waals surface area (Å²) in [6.45, 7) is 0.544. The van der Waals surface area contributed by atoms with Crippen LogP contribution >= 0.6 is 34.7 Å². The summed E-state index contributed by atoms with van der Waals surface area (Å²) in [5, 5.41) is 3.41. The van der Waals surface area contributed by atoms with E-state index in [1.807, 2.05) is 18.2 Å². The highest BCUT2D eigenvalue weighted by molar-refractivity contribution is 8.00. The number of carbonyl (C=O) groups excluding carboxylic acids is 3. The fourth-order valence-corrected chi connectivity index (χ4v) is 6.16. The molecule has 2 aromatic rings. The van der Waals surface area contributed by atoms with Crippen molar-refractivity contribution >= 4 is 58.1 Å². The van der Waals surface area contributed by atoms with E-state index in [1.54, 1.807) is 11.0 Å². The van der Waals surface area contributed by atoms with Crippen LogP contribution in [0.2, 0.25) is 5.02 Å². The molecule has 1 fully saturated rings. The van der Waals surface area contributed by atoms with Gasteiger partial charge < -0.3 is 16.0 Å². The topological polar surface area (TPSA) is 92.5 Å². The molecule has 3 N–H and O–H groups in total. The number of thiophene rings is 1. The molecule has 4 rings (SSSR count). The van der Waals surface area contributed by atoms with Gasteiger partial charge in [-0.3, -0.25) is 14.4 Å². The van der Waals surface area contributed by atoms with Crippen LogP contribution in [0.15, 0.2) is 28.5 Å². The van der Waals surface area contributed by atoms with Crippen molar-refractivity contribution in [1.29, 1.82) is 0 Å². The Bertz CT molecular complexity index is 959. The van der Waals surface area contributed by atoms with Crippen molar-refractivity contribution < 1.29 is 14.4 Å². The van der Waals surface area contributed by atoms with E-state index < -0.39 is 11.9 Å². The first-order chi connectivity index (χ1) is 13.0. The zero-order valence-electron chi connectivity index (χ0n) is 14.2. The Morgan fingerprint density at radius 2 is 2.15 bits per heavy atom. The number of carbonyl (C=O) groups is 3. The molecule has 0 bridgehead atoms. The molecule has 2 aliphatic rings. The summed E-state index contributed by atoms with van der Waals surface area (Å²) in [6.07, 6.45) is 1.42. The molecule has 0 radical (unpaired) electrons. The second-order valence-corrected chi connectivity index (χ2v) is 9.03. The number of nitrogens with one attached hydrogen (secondary N) is 1. The molecule has 0 saturated carbocycles. The van der Waals surface area contributed by atoms with Gasteiger partial charge in [0.25, 0.3) is 11.8 Å². The van der Waals surface area contributed by atoms with Crippen LogP contribution in [0.5, 0.6) is 0 Å². The molecule has 1 aromatic carbocycles. The first-order valence-corrected chi connectivity index (χ1v) is 10.6. The third-order valence-corrected chi connectivity index (χ3v) is 7.56. The van der Waals surface area contributed by atoms with Gasteiger partial charge >= 0.3 is 0 Å². The van der Waals surface area contributed by atoms with Crippen LogP contribution in [-0.4, -0.2) is 35.2 Å². The number of rotatable bonds is 4. The minimum Gasteiger partial charge on any atom is -0.365 e. The Morgan fingerprint density at radius 3 is 2.89 bits per heavy atom. The molecule has 0 unspecified atom stereocenters. The third-order valence-electron chi connectivity index (χ3n) is 4.70. The quantitative estimate of drug-likeness (QED) is 0.740. The molecule has 9 heteroatoms. The molecule has 140 valence electrons. The molecule has 0 aliphatic carbocycles. The van der Waals surface area contributed by atoms with Crippen molar-refractivity contribution in [3.63, 3.8) is 0 Å². The summed E-state index contributed by atoms with van der Waals surface area (Å²) in [5.41, 5.74) is 6.96. The van der Waals surface area contributed by atoms with Crippen LogP contribution in [0.25, 0.3) is 0 Å². The minimum atomic E-state index is -0.663. The van der Waals surface area contributed by atoms with Gasteiger partial charge in [0.15, 0.2) is 0 Å². The molecule has 3 heterocycles. The highest BCUT2D eigenvalue weighted by Gasteiger charge is 2.41. The standard InChI is InChI=1S/C18H16ClN3O3S2/c19-10-5-2-1-4-9(10)8-26-18-12(15(20)23)13-14(27-18)17(25)22-7-3-6-11(22)16(24)21-13/h1-2,4-5,11H,3,6-8H2,(H2,20,23)(H,21,24)/t11-/m1/s1. The van der Waals surface area contributed by atoms with Crippen molar-refractivity contribution in [2.24, 2.45) is 5.73 Å². The highest BCUT2D eigenvalue weighted by atomic mass is 35.5. The number of amides is 3. The molecule has 1 atom stereocenters. The first-order valence-electron chi connectivity index (χ1n) is 8.42. The average molecular weight is 422 g/mol. The monoisotopic (exact) mass is 421 g/mol. The van der Waals surface area contributed by atoms with Gasteiger partial charge in [-0.2, -0.15) is 0 Å². The normalized spacial score (nSPS) is 18.7. The number of primary amides is 1. The maximum atomic E-state index is 12.9. The lowest BCUT2D eigenvalue weighted by Gasteiger charge is -2.19. The van der Waals surface area contributed by atoms with Gasteiger partial charge in [0.2, 0.25) is 5.91 Å². The summed E-state index contributed by atoms with van der Waals surface area (Å²) >= 11 is 8.78. The van der Waals surface area contributed by atoms with Gasteiger partial charge in [-0.15, -0.1) is 23.1 Å². The number of thioether (sulfide) groups is 1. The predicted molar refractivity (Wildman–Crippen MR) is 107 cm³/mol. The zero-order chi connectivity index (χ0) is 19.1. The summed E-state index contributed by atoms with van der Waals surface area (Å²) in [5.74, 6) is -0.622. The molecular weight excluding hydrogens is 406 g/mol. The number of hydrogen-bond acceptors (Lipinski definition) is 5. The van der Waals surface area contributed by atoms with E-state index in [9.17, 15) is 14.4 Å². The second kappa shape index (κ2) is 7.18. The largest absolute Gasteiger partial charge is 0.365 e. The van der Waals surface area contributed by atoms with Gasteiger partial charge in [-0.05, 0) is 24.5 Å². The Balaban J connectivity index is 1.71. The van der Waals surface area contributed by atoms with E-state index in [0.29, 0.717) is 32.8 Å². The molecule has 3 amide bonds. The fraction of sp³-hybridized carbons (Fsp3) is 0.278. The van der Waals surface area contributed by atoms with Crippen LogP contribution < -0.4 is 11.1 Å². The summed E-state index contributed by atoms with van der Waals surface area (Å²) in [4.78, 5) is 39.5. The summed E-state index contributed by atoms with van der Waals surface area (Å²) in [7, 11) is 0. The lowest BCUT2D eigenvalue weighted by Crippen LogP contribution is -2.40. The molecule has 6 nitrogen and oxygen atoms in total. The van der Waals surface area contributed by atoms with Crippen molar-refractivity contribution in [2.45, 2.75) is 28.8 Å². The van der Waals surface area contributed by atoms with Gasteiger partial charge in [0.1, 0.15) is 10.9 Å². The van der Waals surface area contributed by atoms with E-state index in [1.165, 1.54) is 23.1 Å². The smallest absolute Gasteiger partial charge is 0.266 e. The van der Waals surface area contributed by atoms with E-state index >= 15 is 0 Å². The van der Waals surface area contributed by atoms with Crippen molar-refractivity contribution in [2.75, 3.05) is 11.9 Å². The molecule has 2 aliphatic heterocycles. The van der Waals surface area contributed by atoms with Crippen molar-refractivity contribution in [1.82, 2.24) is 4.90 Å². The van der Waals surface area contributed by atoms with E-state index in [-0.39, 0.29) is 23.1 Å². The predicted octanol–water partition coefficient (Wildman–Crippen LogP) is 3.35. The van der Waals surface area contributed by atoms with E-state index in [4.69, 9.17) is 17.3 Å². The van der Waals surface area contributed by atoms with Gasteiger partial charge in [-0.1, -0.05) is 29.8 Å². The molecule has 1 aromatic heterocycles. The number of halogens is 1. The molecule has 0 spiro atoms. The maximum absolute atomic E-state index is 12.9. The van der Waals surface area contributed by atoms with Crippen LogP contribution in [0.3, 0.4) is 0 Å². The number of hydrogen-bond donors (Lipinski definition) is 2. The summed E-state index contributed by atoms with van der Waals surface area (Å²) in [6, 6.07) is 6.96. The number of nitrogens with zero attached hydrogens (tertiary/aromatic N) is 1. The van der Waals surface area contributed by atoms with Gasteiger partial charge in [-0.25, -0.2) is 0 Å². The molecule has 27 heavy (non-hydrogen) atoms. The lowest BCUT2D eigenvalue weighted by molar-refractivity contribution is -0.119. The van der Waals surface area contributed by atoms with Gasteiger partial charge in [0.05, 0.1) is 15.5 Å². The fourth-order valence-electron chi connectivity index (χ4n) is 3.38. The Kier molecular flexibility index (Phi) is 4.88. The number of anilines is 1. The summed E-state index contributed by atoms with van der Waals surface area (Å²) < 4.78 is 0.610. The van der Waals surface area contributed by atoms with E-state index in [0.717, 1.165) is 12.0 Å². The Hall–Kier alpha value is -2.03. The van der Waals surface area contributed by atoms with Crippen LogP contribution in [0.1, 0.15) is 38.4 Å². The molecule has 1 saturated heterocycles. The number of benzene rings is 1. The Morgan fingerprint density at radius 1 is 1.37 bits per heavy atom. The third kappa shape index (κ3) is 3.22. The van der Waals surface area contributed by atoms with E-state index in [2.05, 4.69) is 5.32 Å². The maximum Gasteiger partial charge on any atom is 0.266 e. The second-order valence-electron chi connectivity index (χ2n) is 6.36. The van der Waals surface area contributed by atoms with Gasteiger partial charge in [0, 0.05) is 17.3 Å². The lowest BCUT2D eigenvalue weighted by atomic mass is 10.2. The average Bonchev–Trinajstić information content (AvgIpc) is 3.23. The SMILES string of the molecule is NC(=O)c1c(SCc2ccccc2Cl)sc2c1NC(=O)[C@H]1CCCN1C2=O. The highest BCUT2D eigenvalue weighted by Crippen LogP contribution is 2.44. The van der Waals surface area contributed by atoms with Crippen molar-refractivity contribution in [3.8, 4) is 0 Å². The number of nitrogens with two attached hydrogens (primary N) is 1. The van der Waals surface area contributed by atoms with Crippen molar-refractivity contribution in [3.05, 3.63) is 45.3 Å². The Labute approximate surface area is 169 Å². The van der Waals surface area contributed by atoms with Crippen LogP contribution in [0.4, 0.5) is 5.69 Å². The number of fused-ring (bicyclic) bond motifs is 2. The van der Waals surface area contributed by atoms with Crippen LogP contribution in [-0.2, 0) is 10.5 Å². The van der Waals surface area contributed by atoms with Crippen LogP contribution in [0, 0.1) is 0 Å². The first kappa shape index (κ1) is 18.3. The zero-order valence-corrected chi connectivity index (χ0v) is 16.5. The minimum absolute atomic E-state index is 0.204. The molecular formula is C18H16ClN3O3S2.